The Morgan fingerprint density at radius 1 is 1.12 bits per heavy atom. The Bertz CT molecular complexity index is 1660. The molecule has 0 aliphatic carbocycles. The van der Waals surface area contributed by atoms with Crippen molar-refractivity contribution in [2.24, 2.45) is 0 Å². The Labute approximate surface area is 247 Å². The molecule has 1 atom stereocenters. The van der Waals surface area contributed by atoms with Gasteiger partial charge in [0.25, 0.3) is 5.91 Å². The fraction of sp³-hybridized carbons (Fsp3) is 0.290. The lowest BCUT2D eigenvalue weighted by atomic mass is 10.0. The molecule has 4 heterocycles. The van der Waals surface area contributed by atoms with Crippen LogP contribution in [0.5, 0.6) is 11.5 Å². The molecule has 2 aliphatic heterocycles. The van der Waals surface area contributed by atoms with E-state index in [4.69, 9.17) is 4.74 Å². The molecule has 0 bridgehead atoms. The summed E-state index contributed by atoms with van der Waals surface area (Å²) in [7, 11) is 1.82. The van der Waals surface area contributed by atoms with Gasteiger partial charge in [-0.15, -0.1) is 11.3 Å². The summed E-state index contributed by atoms with van der Waals surface area (Å²) in [5.41, 5.74) is 2.68. The van der Waals surface area contributed by atoms with Gasteiger partial charge < -0.3 is 25.6 Å². The molecule has 42 heavy (non-hydrogen) atoms. The van der Waals surface area contributed by atoms with Crippen LogP contribution in [0.15, 0.2) is 60.8 Å². The van der Waals surface area contributed by atoms with Crippen LogP contribution in [0.1, 0.15) is 34.5 Å². The van der Waals surface area contributed by atoms with Gasteiger partial charge in [-0.2, -0.15) is 0 Å². The summed E-state index contributed by atoms with van der Waals surface area (Å²) in [6, 6.07) is 16.4. The number of urea groups is 1. The summed E-state index contributed by atoms with van der Waals surface area (Å²) < 4.78 is 5.97. The number of thiophene rings is 1. The average Bonchev–Trinajstić information content (AvgIpc) is 3.37. The first-order chi connectivity index (χ1) is 20.4. The lowest BCUT2D eigenvalue weighted by Crippen LogP contribution is -2.50. The number of hydrogen-bond acceptors (Lipinski definition) is 7. The van der Waals surface area contributed by atoms with Crippen LogP contribution in [-0.4, -0.2) is 60.5 Å². The highest BCUT2D eigenvalue weighted by Crippen LogP contribution is 2.46. The quantitative estimate of drug-likeness (QED) is 0.255. The fourth-order valence-corrected chi connectivity index (χ4v) is 6.54. The number of likely N-dealkylation sites (tertiary alicyclic amines) is 1. The topological polar surface area (TPSA) is 116 Å². The Hall–Kier alpha value is -4.48. The number of benzene rings is 2. The lowest BCUT2D eigenvalue weighted by Gasteiger charge is -2.33. The van der Waals surface area contributed by atoms with E-state index in [9.17, 15) is 14.4 Å². The number of nitrogens with zero attached hydrogens (tertiary/aromatic N) is 3. The van der Waals surface area contributed by atoms with Gasteiger partial charge in [0.15, 0.2) is 0 Å². The van der Waals surface area contributed by atoms with Crippen molar-refractivity contribution in [1.29, 1.82) is 0 Å². The number of amides is 4. The first-order valence-corrected chi connectivity index (χ1v) is 14.8. The molecular formula is C31H32N6O4S. The average molecular weight is 585 g/mol. The van der Waals surface area contributed by atoms with Crippen molar-refractivity contribution in [2.75, 3.05) is 36.9 Å². The van der Waals surface area contributed by atoms with Gasteiger partial charge in [0.05, 0.1) is 22.4 Å². The first kappa shape index (κ1) is 27.7. The SMILES string of the molecule is CNCCC(=O)N1CCC[C@@H](NC(=O)c2sc3nccc4c3c2NC(=O)N4c2ccc(Oc3ccccc3)cc2C)C1. The number of para-hydroxylation sites is 1. The number of piperidine rings is 1. The Kier molecular flexibility index (Phi) is 7.77. The third-order valence-electron chi connectivity index (χ3n) is 7.54. The molecule has 2 aliphatic rings. The van der Waals surface area contributed by atoms with Gasteiger partial charge in [0.1, 0.15) is 21.2 Å². The largest absolute Gasteiger partial charge is 0.457 e. The number of nitrogens with one attached hydrogen (secondary N) is 3. The van der Waals surface area contributed by atoms with Crippen LogP contribution in [0.25, 0.3) is 10.2 Å². The zero-order chi connectivity index (χ0) is 29.2. The number of aromatic nitrogens is 1. The minimum absolute atomic E-state index is 0.0800. The molecule has 4 amide bonds. The highest BCUT2D eigenvalue weighted by Gasteiger charge is 2.34. The van der Waals surface area contributed by atoms with Gasteiger partial charge in [-0.05, 0) is 68.8 Å². The summed E-state index contributed by atoms with van der Waals surface area (Å²) >= 11 is 1.25. The predicted molar refractivity (Wildman–Crippen MR) is 164 cm³/mol. The molecule has 2 aromatic carbocycles. The number of ether oxygens (including phenoxy) is 1. The summed E-state index contributed by atoms with van der Waals surface area (Å²) in [6.45, 7) is 3.72. The van der Waals surface area contributed by atoms with Gasteiger partial charge in [0.2, 0.25) is 5.91 Å². The van der Waals surface area contributed by atoms with E-state index in [-0.39, 0.29) is 23.9 Å². The number of carbonyl (C=O) groups excluding carboxylic acids is 3. The molecule has 0 saturated carbocycles. The number of hydrogen-bond donors (Lipinski definition) is 3. The third kappa shape index (κ3) is 5.40. The fourth-order valence-electron chi connectivity index (χ4n) is 5.51. The third-order valence-corrected chi connectivity index (χ3v) is 8.63. The standard InChI is InChI=1S/C31H32N6O4S/c1-19-17-22(41-21-8-4-3-5-9-21)10-11-23(19)37-24-12-15-33-30-26(24)27(35-31(37)40)28(42-30)29(39)34-20-7-6-16-36(18-20)25(38)13-14-32-2/h3-5,8-12,15,17,20,32H,6-7,13-14,16,18H2,1-2H3,(H,34,39)(H,35,40)/t20-/m1/s1. The van der Waals surface area contributed by atoms with E-state index < -0.39 is 0 Å². The van der Waals surface area contributed by atoms with Crippen molar-refractivity contribution >= 4 is 56.5 Å². The zero-order valence-electron chi connectivity index (χ0n) is 23.5. The minimum Gasteiger partial charge on any atom is -0.457 e. The molecule has 3 N–H and O–H groups in total. The summed E-state index contributed by atoms with van der Waals surface area (Å²) in [6.07, 6.45) is 3.69. The normalized spacial score (nSPS) is 16.3. The highest BCUT2D eigenvalue weighted by atomic mass is 32.1. The molecule has 6 rings (SSSR count). The molecule has 4 aromatic rings. The minimum atomic E-state index is -0.360. The summed E-state index contributed by atoms with van der Waals surface area (Å²) in [5, 5.41) is 9.80. The van der Waals surface area contributed by atoms with Gasteiger partial charge in [0, 0.05) is 38.3 Å². The number of anilines is 3. The molecule has 1 fully saturated rings. The van der Waals surface area contributed by atoms with Gasteiger partial charge in [-0.1, -0.05) is 18.2 Å². The molecule has 216 valence electrons. The second-order valence-electron chi connectivity index (χ2n) is 10.5. The van der Waals surface area contributed by atoms with E-state index in [0.717, 1.165) is 29.5 Å². The van der Waals surface area contributed by atoms with E-state index in [2.05, 4.69) is 20.9 Å². The Morgan fingerprint density at radius 2 is 1.95 bits per heavy atom. The lowest BCUT2D eigenvalue weighted by molar-refractivity contribution is -0.132. The van der Waals surface area contributed by atoms with Crippen molar-refractivity contribution in [3.8, 4) is 11.5 Å². The van der Waals surface area contributed by atoms with Gasteiger partial charge in [-0.25, -0.2) is 9.78 Å². The smallest absolute Gasteiger partial charge is 0.331 e. The van der Waals surface area contributed by atoms with Crippen LogP contribution in [0.2, 0.25) is 0 Å². The molecule has 2 aromatic heterocycles. The van der Waals surface area contributed by atoms with Crippen LogP contribution in [0, 0.1) is 6.92 Å². The van der Waals surface area contributed by atoms with Crippen LogP contribution in [-0.2, 0) is 4.79 Å². The van der Waals surface area contributed by atoms with E-state index in [1.54, 1.807) is 17.2 Å². The first-order valence-electron chi connectivity index (χ1n) is 14.0. The Morgan fingerprint density at radius 3 is 2.74 bits per heavy atom. The molecule has 0 radical (unpaired) electrons. The van der Waals surface area contributed by atoms with E-state index in [1.807, 2.05) is 67.4 Å². The van der Waals surface area contributed by atoms with E-state index in [0.29, 0.717) is 58.6 Å². The van der Waals surface area contributed by atoms with Crippen LogP contribution in [0.3, 0.4) is 0 Å². The zero-order valence-corrected chi connectivity index (χ0v) is 24.3. The maximum absolute atomic E-state index is 13.6. The number of rotatable bonds is 8. The molecule has 1 saturated heterocycles. The maximum Gasteiger partial charge on any atom is 0.331 e. The second kappa shape index (κ2) is 11.8. The Balaban J connectivity index is 1.25. The molecule has 11 heteroatoms. The monoisotopic (exact) mass is 584 g/mol. The molecule has 0 spiro atoms. The maximum atomic E-state index is 13.6. The number of aryl methyl sites for hydroxylation is 1. The number of carbonyl (C=O) groups is 3. The molecule has 10 nitrogen and oxygen atoms in total. The van der Waals surface area contributed by atoms with Crippen molar-refractivity contribution in [3.63, 3.8) is 0 Å². The van der Waals surface area contributed by atoms with Gasteiger partial charge in [-0.3, -0.25) is 14.5 Å². The van der Waals surface area contributed by atoms with Crippen LogP contribution < -0.4 is 25.6 Å². The molecular weight excluding hydrogens is 552 g/mol. The summed E-state index contributed by atoms with van der Waals surface area (Å²) in [5.74, 6) is 1.20. The van der Waals surface area contributed by atoms with Crippen LogP contribution in [0.4, 0.5) is 21.9 Å². The summed E-state index contributed by atoms with van der Waals surface area (Å²) in [4.78, 5) is 48.7. The van der Waals surface area contributed by atoms with E-state index in [1.165, 1.54) is 11.3 Å². The predicted octanol–water partition coefficient (Wildman–Crippen LogP) is 5.41. The van der Waals surface area contributed by atoms with Crippen molar-refractivity contribution in [1.82, 2.24) is 20.5 Å². The van der Waals surface area contributed by atoms with Gasteiger partial charge >= 0.3 is 6.03 Å². The van der Waals surface area contributed by atoms with Crippen molar-refractivity contribution in [2.45, 2.75) is 32.2 Å². The van der Waals surface area contributed by atoms with Crippen molar-refractivity contribution < 1.29 is 19.1 Å². The van der Waals surface area contributed by atoms with E-state index >= 15 is 0 Å². The molecule has 0 unspecified atom stereocenters. The van der Waals surface area contributed by atoms with Crippen molar-refractivity contribution in [3.05, 3.63) is 71.2 Å². The van der Waals surface area contributed by atoms with Crippen LogP contribution >= 0.6 is 11.3 Å². The number of pyridine rings is 1. The second-order valence-corrected chi connectivity index (χ2v) is 11.5. The highest BCUT2D eigenvalue weighted by molar-refractivity contribution is 7.21.